The molecule has 0 saturated carbocycles. The van der Waals surface area contributed by atoms with Crippen molar-refractivity contribution < 1.29 is 47.5 Å². The van der Waals surface area contributed by atoms with Crippen LogP contribution in [0.3, 0.4) is 0 Å². The first-order valence-electron chi connectivity index (χ1n) is 20.0. The number of esters is 2. The van der Waals surface area contributed by atoms with Gasteiger partial charge in [0.15, 0.2) is 6.10 Å². The van der Waals surface area contributed by atoms with Gasteiger partial charge in [0.1, 0.15) is 12.6 Å². The standard InChI is InChI=1S/C40H72NO10P/c1-3-5-7-9-11-13-15-17-18-20-21-23-25-27-29-31-38(42)48-33-36(34-49-52(46,47)50-35-37(41)40(44)45)51-39(43)32-30-28-26-24-22-19-16-14-12-10-8-6-4-2/h13,15,19,22,26,28,36-37H,3-12,14,16-18,20-21,23-25,27,29-35,41H2,1-2H3,(H,44,45)(H,46,47)/b15-13+,22-19+,28-26+/t36?,37-/m0/s1. The molecule has 2 unspecified atom stereocenters. The van der Waals surface area contributed by atoms with E-state index in [1.807, 2.05) is 12.2 Å². The average molecular weight is 758 g/mol. The number of carbonyl (C=O) groups is 3. The van der Waals surface area contributed by atoms with Gasteiger partial charge in [-0.1, -0.05) is 134 Å². The van der Waals surface area contributed by atoms with Gasteiger partial charge in [-0.25, -0.2) is 4.57 Å². The zero-order valence-corrected chi connectivity index (χ0v) is 33.3. The number of phosphoric ester groups is 1. The molecule has 0 aromatic heterocycles. The molecule has 302 valence electrons. The molecule has 0 radical (unpaired) electrons. The molecule has 0 spiro atoms. The van der Waals surface area contributed by atoms with Crippen LogP contribution >= 0.6 is 7.82 Å². The minimum absolute atomic E-state index is 0.0546. The van der Waals surface area contributed by atoms with Crippen LogP contribution in [-0.4, -0.2) is 59.9 Å². The number of unbranched alkanes of at least 4 members (excludes halogenated alkanes) is 17. The van der Waals surface area contributed by atoms with Gasteiger partial charge >= 0.3 is 25.7 Å². The molecule has 0 heterocycles. The number of hydrogen-bond donors (Lipinski definition) is 3. The summed E-state index contributed by atoms with van der Waals surface area (Å²) in [5.74, 6) is -2.47. The Bertz CT molecular complexity index is 1030. The van der Waals surface area contributed by atoms with Crippen molar-refractivity contribution in [3.8, 4) is 0 Å². The van der Waals surface area contributed by atoms with Crippen LogP contribution in [0.25, 0.3) is 0 Å². The Morgan fingerprint density at radius 3 is 1.62 bits per heavy atom. The average Bonchev–Trinajstić information content (AvgIpc) is 3.12. The van der Waals surface area contributed by atoms with E-state index < -0.39 is 51.1 Å². The van der Waals surface area contributed by atoms with Crippen molar-refractivity contribution in [2.24, 2.45) is 5.73 Å². The molecule has 0 aliphatic rings. The summed E-state index contributed by atoms with van der Waals surface area (Å²) in [6, 6.07) is -1.53. The minimum Gasteiger partial charge on any atom is -0.480 e. The van der Waals surface area contributed by atoms with Gasteiger partial charge in [-0.3, -0.25) is 23.4 Å². The fourth-order valence-corrected chi connectivity index (χ4v) is 5.95. The summed E-state index contributed by atoms with van der Waals surface area (Å²) in [5, 5.41) is 8.86. The van der Waals surface area contributed by atoms with E-state index in [0.29, 0.717) is 12.8 Å². The minimum atomic E-state index is -4.72. The number of ether oxygens (including phenoxy) is 2. The Balaban J connectivity index is 4.49. The summed E-state index contributed by atoms with van der Waals surface area (Å²) >= 11 is 0. The number of phosphoric acid groups is 1. The summed E-state index contributed by atoms with van der Waals surface area (Å²) in [6.07, 6.45) is 36.6. The molecule has 0 aliphatic heterocycles. The maximum Gasteiger partial charge on any atom is 0.472 e. The van der Waals surface area contributed by atoms with E-state index in [-0.39, 0.29) is 19.4 Å². The predicted octanol–water partition coefficient (Wildman–Crippen LogP) is 10.1. The van der Waals surface area contributed by atoms with E-state index in [1.165, 1.54) is 89.9 Å². The van der Waals surface area contributed by atoms with Gasteiger partial charge in [0.05, 0.1) is 13.2 Å². The van der Waals surface area contributed by atoms with Crippen LogP contribution in [0, 0.1) is 0 Å². The molecule has 11 nitrogen and oxygen atoms in total. The van der Waals surface area contributed by atoms with Crippen molar-refractivity contribution in [1.29, 1.82) is 0 Å². The molecule has 0 bridgehead atoms. The monoisotopic (exact) mass is 757 g/mol. The van der Waals surface area contributed by atoms with Gasteiger partial charge in [-0.2, -0.15) is 0 Å². The van der Waals surface area contributed by atoms with Gasteiger partial charge in [0.25, 0.3) is 0 Å². The van der Waals surface area contributed by atoms with Crippen molar-refractivity contribution >= 4 is 25.7 Å². The van der Waals surface area contributed by atoms with Crippen LogP contribution in [0.5, 0.6) is 0 Å². The second kappa shape index (κ2) is 35.7. The number of carbonyl (C=O) groups excluding carboxylic acids is 2. The molecule has 0 rings (SSSR count). The summed E-state index contributed by atoms with van der Waals surface area (Å²) in [7, 11) is -4.72. The zero-order valence-electron chi connectivity index (χ0n) is 32.4. The molecule has 0 aliphatic carbocycles. The summed E-state index contributed by atoms with van der Waals surface area (Å²) in [6.45, 7) is 2.70. The Labute approximate surface area is 314 Å². The maximum atomic E-state index is 12.5. The van der Waals surface area contributed by atoms with Crippen LogP contribution in [0.1, 0.15) is 168 Å². The van der Waals surface area contributed by atoms with Crippen LogP contribution in [-0.2, 0) is 37.5 Å². The first kappa shape index (κ1) is 49.7. The molecule has 0 fully saturated rings. The lowest BCUT2D eigenvalue weighted by molar-refractivity contribution is -0.161. The van der Waals surface area contributed by atoms with Crippen molar-refractivity contribution in [3.05, 3.63) is 36.5 Å². The number of carboxylic acid groups (broad SMARTS) is 1. The quantitative estimate of drug-likeness (QED) is 0.0238. The molecule has 3 atom stereocenters. The first-order valence-corrected chi connectivity index (χ1v) is 21.5. The van der Waals surface area contributed by atoms with Crippen molar-refractivity contribution in [3.63, 3.8) is 0 Å². The largest absolute Gasteiger partial charge is 0.480 e. The van der Waals surface area contributed by atoms with Crippen LogP contribution in [0.4, 0.5) is 0 Å². The van der Waals surface area contributed by atoms with E-state index in [9.17, 15) is 23.8 Å². The Morgan fingerprint density at radius 1 is 0.596 bits per heavy atom. The van der Waals surface area contributed by atoms with E-state index in [1.54, 1.807) is 0 Å². The molecule has 0 aromatic carbocycles. The summed E-state index contributed by atoms with van der Waals surface area (Å²) in [5.41, 5.74) is 5.31. The maximum absolute atomic E-state index is 12.5. The highest BCUT2D eigenvalue weighted by molar-refractivity contribution is 7.47. The normalized spacial score (nSPS) is 14.2. The lowest BCUT2D eigenvalue weighted by atomic mass is 10.1. The fourth-order valence-electron chi connectivity index (χ4n) is 5.17. The number of rotatable bonds is 37. The highest BCUT2D eigenvalue weighted by Crippen LogP contribution is 2.43. The van der Waals surface area contributed by atoms with E-state index in [4.69, 9.17) is 24.8 Å². The van der Waals surface area contributed by atoms with Crippen molar-refractivity contribution in [2.75, 3.05) is 19.8 Å². The SMILES string of the molecule is CCCCCC/C=C/CCCCCCCCCC(=O)OCC(COP(=O)(O)OC[C@H](N)C(=O)O)OC(=O)CC/C=C/C/C=C/CCCCCCCC. The third kappa shape index (κ3) is 34.8. The third-order valence-electron chi connectivity index (χ3n) is 8.37. The second-order valence-corrected chi connectivity index (χ2v) is 14.9. The van der Waals surface area contributed by atoms with E-state index in [0.717, 1.165) is 38.5 Å². The summed E-state index contributed by atoms with van der Waals surface area (Å²) < 4.78 is 32.5. The lowest BCUT2D eigenvalue weighted by Crippen LogP contribution is -2.34. The molecule has 4 N–H and O–H groups in total. The Hall–Kier alpha value is -2.30. The number of aliphatic carboxylic acids is 1. The predicted molar refractivity (Wildman–Crippen MR) is 208 cm³/mol. The molecule has 0 amide bonds. The molecule has 0 aromatic rings. The number of hydrogen-bond acceptors (Lipinski definition) is 9. The highest BCUT2D eigenvalue weighted by atomic mass is 31.2. The van der Waals surface area contributed by atoms with Gasteiger partial charge in [-0.05, 0) is 57.8 Å². The molecule has 52 heavy (non-hydrogen) atoms. The smallest absolute Gasteiger partial charge is 0.472 e. The molecule has 0 saturated heterocycles. The molecular weight excluding hydrogens is 685 g/mol. The van der Waals surface area contributed by atoms with Gasteiger partial charge in [0, 0.05) is 12.8 Å². The number of carboxylic acids is 1. The van der Waals surface area contributed by atoms with Crippen LogP contribution in [0.2, 0.25) is 0 Å². The number of allylic oxidation sites excluding steroid dienone is 6. The second-order valence-electron chi connectivity index (χ2n) is 13.4. The topological polar surface area (TPSA) is 172 Å². The summed E-state index contributed by atoms with van der Waals surface area (Å²) in [4.78, 5) is 45.7. The van der Waals surface area contributed by atoms with Gasteiger partial charge in [0.2, 0.25) is 0 Å². The van der Waals surface area contributed by atoms with Gasteiger partial charge < -0.3 is 25.2 Å². The Kier molecular flexibility index (Phi) is 34.1. The van der Waals surface area contributed by atoms with Gasteiger partial charge in [-0.15, -0.1) is 0 Å². The van der Waals surface area contributed by atoms with Crippen LogP contribution in [0.15, 0.2) is 36.5 Å². The zero-order chi connectivity index (χ0) is 38.5. The fraction of sp³-hybridized carbons (Fsp3) is 0.775. The third-order valence-corrected chi connectivity index (χ3v) is 9.32. The van der Waals surface area contributed by atoms with Crippen molar-refractivity contribution in [1.82, 2.24) is 0 Å². The number of nitrogens with two attached hydrogens (primary N) is 1. The van der Waals surface area contributed by atoms with Crippen molar-refractivity contribution in [2.45, 2.75) is 180 Å². The molecule has 12 heteroatoms. The Morgan fingerprint density at radius 2 is 1.06 bits per heavy atom. The van der Waals surface area contributed by atoms with E-state index >= 15 is 0 Å². The first-order chi connectivity index (χ1) is 25.1. The molecular formula is C40H72NO10P. The highest BCUT2D eigenvalue weighted by Gasteiger charge is 2.28. The van der Waals surface area contributed by atoms with Crippen LogP contribution < -0.4 is 5.73 Å². The van der Waals surface area contributed by atoms with E-state index in [2.05, 4.69) is 42.7 Å². The lowest BCUT2D eigenvalue weighted by Gasteiger charge is -2.20.